The van der Waals surface area contributed by atoms with E-state index in [1.54, 1.807) is 0 Å². The van der Waals surface area contributed by atoms with Crippen LogP contribution < -0.4 is 0 Å². The van der Waals surface area contributed by atoms with Gasteiger partial charge in [0.2, 0.25) is 0 Å². The molecule has 0 aliphatic rings. The van der Waals surface area contributed by atoms with Crippen LogP contribution in [0.15, 0.2) is 48.6 Å². The molecule has 8 nitrogen and oxygen atoms in total. The van der Waals surface area contributed by atoms with Gasteiger partial charge in [-0.25, -0.2) is 0 Å². The Bertz CT molecular complexity index is 1350. The standard InChI is InChI=1S/4C20H38O2S.2CH4.H2S.2Sn/c4*1-2-3-4-5-6-7-8-9-10-11-12-13-14-15-16-17-20(21)22-18-19-23;;;;;/h4*2-3,23H,4-19H2,1H3;2*1H4;1H2;;/q;;;;;;;2*+2/p-4/b4*3-2+;;;;;. The van der Waals surface area contributed by atoms with Crippen LogP contribution in [-0.4, -0.2) is 121 Å². The molecule has 0 unspecified atom stereocenters. The van der Waals surface area contributed by atoms with Crippen molar-refractivity contribution < 1.29 is 38.1 Å². The Hall–Kier alpha value is 0.187. The summed E-state index contributed by atoms with van der Waals surface area (Å²) < 4.78 is 19.9. The number of esters is 4. The summed E-state index contributed by atoms with van der Waals surface area (Å²) in [5.41, 5.74) is 0. The fraction of sp³-hybridized carbons (Fsp3) is 0.854. The van der Waals surface area contributed by atoms with E-state index in [-0.39, 0.29) is 100 Å². The number of carbonyl (C=O) groups is 4. The van der Waals surface area contributed by atoms with Crippen LogP contribution in [-0.2, 0) is 88.6 Å². The zero-order valence-corrected chi connectivity index (χ0v) is 72.2. The second-order valence-electron chi connectivity index (χ2n) is 25.1. The van der Waals surface area contributed by atoms with Crippen LogP contribution in [0.2, 0.25) is 0 Å². The zero-order valence-electron chi connectivity index (χ0n) is 62.3. The topological polar surface area (TPSA) is 105 Å². The molecule has 0 N–H and O–H groups in total. The van der Waals surface area contributed by atoms with E-state index in [1.807, 2.05) is 0 Å². The molecular weight excluding hydrogens is 1510 g/mol. The van der Waals surface area contributed by atoms with E-state index in [2.05, 4.69) is 76.3 Å². The van der Waals surface area contributed by atoms with Crippen LogP contribution in [0.1, 0.15) is 402 Å². The first-order chi connectivity index (χ1) is 45.2. The van der Waals surface area contributed by atoms with E-state index >= 15 is 0 Å². The summed E-state index contributed by atoms with van der Waals surface area (Å²) in [4.78, 5) is 45.1. The number of allylic oxidation sites excluding steroid dienone is 8. The smallest absolute Gasteiger partial charge is 0.789 e. The SMILES string of the molecule is C.C.C/C=C/CCCCCCCCCCCCCCC(=O)OCC[S-].C/C=C/CCCCCCCCCCCCCCC(=O)OCC[S-].C/C=C/CCCCCCCCCCCCCCC(=O)OCC[S-].C/C=C/CCCCCCCCCCCCCCC(=O)OCC[S-].S.[Sn+2].[Sn+2]. The molecule has 0 aliphatic heterocycles. The Morgan fingerprint density at radius 3 is 0.454 bits per heavy atom. The fourth-order valence-corrected chi connectivity index (χ4v) is 11.1. The van der Waals surface area contributed by atoms with Crippen molar-refractivity contribution in [2.75, 3.05) is 49.4 Å². The second kappa shape index (κ2) is 112. The third-order valence-electron chi connectivity index (χ3n) is 16.3. The van der Waals surface area contributed by atoms with Gasteiger partial charge < -0.3 is 69.5 Å². The maximum Gasteiger partial charge on any atom is 2.00 e. The molecule has 0 aliphatic carbocycles. The molecule has 0 aromatic heterocycles. The average Bonchev–Trinajstić information content (AvgIpc) is 3.68. The predicted octanol–water partition coefficient (Wildman–Crippen LogP) is 25.1. The fourth-order valence-electron chi connectivity index (χ4n) is 10.8. The molecule has 0 saturated carbocycles. The van der Waals surface area contributed by atoms with Crippen molar-refractivity contribution in [2.45, 2.75) is 402 Å². The molecule has 0 aromatic carbocycles. The summed E-state index contributed by atoms with van der Waals surface area (Å²) in [7, 11) is 0. The molecule has 0 saturated heterocycles. The summed E-state index contributed by atoms with van der Waals surface area (Å²) in [5.74, 6) is 1.68. The van der Waals surface area contributed by atoms with Crippen molar-refractivity contribution in [1.82, 2.24) is 0 Å². The van der Waals surface area contributed by atoms with Crippen molar-refractivity contribution in [3.8, 4) is 0 Å². The molecule has 4 radical (unpaired) electrons. The summed E-state index contributed by atoms with van der Waals surface area (Å²) in [5, 5.41) is 0. The van der Waals surface area contributed by atoms with Crippen molar-refractivity contribution in [3.63, 3.8) is 0 Å². The third kappa shape index (κ3) is 120. The maximum atomic E-state index is 11.3. The van der Waals surface area contributed by atoms with Crippen LogP contribution in [0.25, 0.3) is 0 Å². The summed E-state index contributed by atoms with van der Waals surface area (Å²) in [6, 6.07) is 0. The maximum absolute atomic E-state index is 11.3. The molecular formula is C82H158O8S5Sn2. The number of rotatable bonds is 68. The Kier molecular flexibility index (Phi) is 134. The van der Waals surface area contributed by atoms with Gasteiger partial charge in [0.25, 0.3) is 0 Å². The molecule has 0 heterocycles. The largest absolute Gasteiger partial charge is 2.00 e. The summed E-state index contributed by atoms with van der Waals surface area (Å²) >= 11 is 19.0. The van der Waals surface area contributed by atoms with E-state index in [9.17, 15) is 19.2 Å². The van der Waals surface area contributed by atoms with Gasteiger partial charge in [0.15, 0.2) is 0 Å². The molecule has 0 amide bonds. The summed E-state index contributed by atoms with van der Waals surface area (Å²) in [6.45, 7) is 9.95. The Morgan fingerprint density at radius 2 is 0.340 bits per heavy atom. The van der Waals surface area contributed by atoms with Crippen LogP contribution in [0.4, 0.5) is 0 Å². The third-order valence-corrected chi connectivity index (χ3v) is 17.0. The molecule has 0 atom stereocenters. The van der Waals surface area contributed by atoms with Crippen LogP contribution in [0, 0.1) is 0 Å². The number of ether oxygens (including phenoxy) is 4. The first kappa shape index (κ1) is 116. The minimum absolute atomic E-state index is 0. The average molecular weight is 1670 g/mol. The van der Waals surface area contributed by atoms with Gasteiger partial charge in [-0.3, -0.25) is 19.2 Å². The van der Waals surface area contributed by atoms with Gasteiger partial charge in [0.05, 0.1) is 26.4 Å². The zero-order chi connectivity index (χ0) is 68.0. The number of hydrogen-bond donors (Lipinski definition) is 0. The van der Waals surface area contributed by atoms with Gasteiger partial charge in [-0.15, -0.1) is 23.0 Å². The van der Waals surface area contributed by atoms with Gasteiger partial charge in [-0.05, 0) is 105 Å². The Balaban J connectivity index is -0.000000149. The van der Waals surface area contributed by atoms with Gasteiger partial charge in [-0.1, -0.05) is 320 Å². The first-order valence-electron chi connectivity index (χ1n) is 38.6. The number of hydrogen-bond acceptors (Lipinski definition) is 12. The van der Waals surface area contributed by atoms with E-state index in [0.717, 1.165) is 51.4 Å². The quantitative estimate of drug-likeness (QED) is 0.0145. The number of unbranched alkanes of at least 4 members (excludes halogenated alkanes) is 48. The Labute approximate surface area is 668 Å². The Morgan fingerprint density at radius 1 is 0.227 bits per heavy atom. The van der Waals surface area contributed by atoms with Gasteiger partial charge in [0, 0.05) is 25.7 Å². The van der Waals surface area contributed by atoms with Gasteiger partial charge >= 0.3 is 71.7 Å². The van der Waals surface area contributed by atoms with E-state index < -0.39 is 0 Å². The second-order valence-corrected chi connectivity index (χ2v) is 26.7. The van der Waals surface area contributed by atoms with E-state index in [4.69, 9.17) is 69.5 Å². The van der Waals surface area contributed by atoms with Crippen molar-refractivity contribution in [3.05, 3.63) is 48.6 Å². The molecule has 572 valence electrons. The van der Waals surface area contributed by atoms with E-state index in [0.29, 0.717) is 75.1 Å². The summed E-state index contributed by atoms with van der Waals surface area (Å²) in [6.07, 6.45) is 87.8. The first-order valence-corrected chi connectivity index (χ1v) is 40.9. The molecule has 0 fully saturated rings. The van der Waals surface area contributed by atoms with Gasteiger partial charge in [0.1, 0.15) is 0 Å². The predicted molar refractivity (Wildman–Crippen MR) is 446 cm³/mol. The molecule has 0 bridgehead atoms. The minimum Gasteiger partial charge on any atom is -0.789 e. The van der Waals surface area contributed by atoms with Crippen molar-refractivity contribution in [2.24, 2.45) is 0 Å². The molecule has 0 spiro atoms. The normalized spacial score (nSPS) is 10.6. The minimum atomic E-state index is -0.0828. The van der Waals surface area contributed by atoms with E-state index in [1.165, 1.54) is 283 Å². The molecule has 15 heteroatoms. The molecule has 0 aromatic rings. The van der Waals surface area contributed by atoms with Crippen molar-refractivity contribution >= 4 is 136 Å². The van der Waals surface area contributed by atoms with Crippen LogP contribution >= 0.6 is 13.5 Å². The molecule has 0 rings (SSSR count). The van der Waals surface area contributed by atoms with Crippen molar-refractivity contribution in [1.29, 1.82) is 0 Å². The van der Waals surface area contributed by atoms with Crippen LogP contribution in [0.3, 0.4) is 0 Å². The van der Waals surface area contributed by atoms with Gasteiger partial charge in [-0.2, -0.15) is 13.5 Å². The number of carbonyl (C=O) groups excluding carboxylic acids is 4. The monoisotopic (exact) mass is 1670 g/mol. The van der Waals surface area contributed by atoms with Crippen LogP contribution in [0.5, 0.6) is 0 Å². The molecule has 97 heavy (non-hydrogen) atoms.